The monoisotopic (exact) mass is 392 g/mol. The van der Waals surface area contributed by atoms with Crippen LogP contribution in [0.5, 0.6) is 23.0 Å². The molecule has 3 rings (SSSR count). The molecule has 0 aliphatic carbocycles. The van der Waals surface area contributed by atoms with E-state index >= 15 is 0 Å². The molecule has 152 valence electrons. The summed E-state index contributed by atoms with van der Waals surface area (Å²) in [6.45, 7) is 9.71. The minimum atomic E-state index is -0.559. The summed E-state index contributed by atoms with van der Waals surface area (Å²) < 4.78 is 0. The largest absolute Gasteiger partial charge is 0.508 e. The third kappa shape index (κ3) is 3.51. The number of rotatable bonds is 4. The third-order valence-electron chi connectivity index (χ3n) is 6.03. The summed E-state index contributed by atoms with van der Waals surface area (Å²) in [7, 11) is 0. The van der Waals surface area contributed by atoms with E-state index < -0.39 is 10.8 Å². The van der Waals surface area contributed by atoms with Gasteiger partial charge >= 0.3 is 0 Å². The van der Waals surface area contributed by atoms with Gasteiger partial charge in [-0.2, -0.15) is 0 Å². The number of benzene rings is 3. The van der Waals surface area contributed by atoms with E-state index in [4.69, 9.17) is 0 Å². The zero-order chi connectivity index (χ0) is 21.6. The van der Waals surface area contributed by atoms with Crippen molar-refractivity contribution in [3.05, 3.63) is 82.4 Å². The van der Waals surface area contributed by atoms with E-state index in [2.05, 4.69) is 0 Å². The van der Waals surface area contributed by atoms with Gasteiger partial charge in [-0.1, -0.05) is 52.0 Å². The molecule has 3 aromatic carbocycles. The van der Waals surface area contributed by atoms with Gasteiger partial charge in [0.05, 0.1) is 0 Å². The normalized spacial score (nSPS) is 12.2. The van der Waals surface area contributed by atoms with Crippen LogP contribution in [0.15, 0.2) is 54.6 Å². The van der Waals surface area contributed by atoms with Gasteiger partial charge in [-0.3, -0.25) is 0 Å². The fourth-order valence-corrected chi connectivity index (χ4v) is 3.82. The van der Waals surface area contributed by atoms with Gasteiger partial charge in [-0.15, -0.1) is 0 Å². The first-order chi connectivity index (χ1) is 13.5. The number of phenols is 4. The van der Waals surface area contributed by atoms with E-state index in [-0.39, 0.29) is 23.0 Å². The highest BCUT2D eigenvalue weighted by Crippen LogP contribution is 2.47. The number of phenolic OH excluding ortho intramolecular Hbond substituents is 4. The van der Waals surface area contributed by atoms with Crippen molar-refractivity contribution in [2.24, 2.45) is 0 Å². The second kappa shape index (κ2) is 7.03. The molecule has 0 spiro atoms. The first-order valence-corrected chi connectivity index (χ1v) is 9.61. The fraction of sp³-hybridized carbons (Fsp3) is 0.280. The van der Waals surface area contributed by atoms with Crippen molar-refractivity contribution in [3.63, 3.8) is 0 Å². The van der Waals surface area contributed by atoms with Crippen molar-refractivity contribution < 1.29 is 20.4 Å². The molecule has 0 heterocycles. The van der Waals surface area contributed by atoms with Crippen molar-refractivity contribution in [2.75, 3.05) is 0 Å². The molecule has 0 atom stereocenters. The van der Waals surface area contributed by atoms with E-state index in [9.17, 15) is 20.4 Å². The van der Waals surface area contributed by atoms with E-state index in [1.165, 1.54) is 0 Å². The summed E-state index contributed by atoms with van der Waals surface area (Å²) in [5.41, 5.74) is 2.57. The van der Waals surface area contributed by atoms with Crippen LogP contribution in [0.1, 0.15) is 55.5 Å². The van der Waals surface area contributed by atoms with E-state index in [0.717, 1.165) is 11.1 Å². The van der Waals surface area contributed by atoms with Crippen molar-refractivity contribution >= 4 is 0 Å². The molecule has 0 fully saturated rings. The predicted molar refractivity (Wildman–Crippen MR) is 115 cm³/mol. The lowest BCUT2D eigenvalue weighted by Gasteiger charge is -2.33. The molecule has 0 amide bonds. The Labute approximate surface area is 171 Å². The Morgan fingerprint density at radius 3 is 1.17 bits per heavy atom. The highest BCUT2D eigenvalue weighted by Gasteiger charge is 2.34. The molecule has 0 aliphatic rings. The lowest BCUT2D eigenvalue weighted by atomic mass is 9.71. The predicted octanol–water partition coefficient (Wildman–Crippen LogP) is 5.47. The van der Waals surface area contributed by atoms with Gasteiger partial charge in [-0.05, 0) is 48.4 Å². The zero-order valence-corrected chi connectivity index (χ0v) is 17.5. The molecular weight excluding hydrogens is 364 g/mol. The number of hydrogen-bond acceptors (Lipinski definition) is 4. The summed E-state index contributed by atoms with van der Waals surface area (Å²) in [4.78, 5) is 0. The Bertz CT molecular complexity index is 948. The van der Waals surface area contributed by atoms with Crippen LogP contribution in [0.3, 0.4) is 0 Å². The average Bonchev–Trinajstić information content (AvgIpc) is 2.66. The minimum absolute atomic E-state index is 0.0610. The van der Waals surface area contributed by atoms with Crippen molar-refractivity contribution in [2.45, 2.75) is 45.4 Å². The zero-order valence-electron chi connectivity index (χ0n) is 17.5. The summed E-state index contributed by atoms with van der Waals surface area (Å²) in [6.07, 6.45) is 0. The maximum Gasteiger partial charge on any atom is 0.126 e. The van der Waals surface area contributed by atoms with E-state index in [1.807, 2.05) is 58.0 Å². The average molecular weight is 392 g/mol. The molecule has 0 unspecified atom stereocenters. The Balaban J connectivity index is 2.22. The van der Waals surface area contributed by atoms with Crippen LogP contribution in [-0.2, 0) is 10.8 Å². The van der Waals surface area contributed by atoms with Gasteiger partial charge in [0.25, 0.3) is 0 Å². The molecule has 0 radical (unpaired) electrons. The molecule has 0 aliphatic heterocycles. The summed E-state index contributed by atoms with van der Waals surface area (Å²) >= 11 is 0. The van der Waals surface area contributed by atoms with Crippen LogP contribution in [0.4, 0.5) is 0 Å². The maximum atomic E-state index is 10.9. The van der Waals surface area contributed by atoms with Crippen LogP contribution in [0.2, 0.25) is 0 Å². The molecular formula is C25H28O4. The quantitative estimate of drug-likeness (QED) is 0.475. The Morgan fingerprint density at radius 1 is 0.552 bits per heavy atom. The van der Waals surface area contributed by atoms with Crippen LogP contribution in [0, 0.1) is 6.92 Å². The first kappa shape index (κ1) is 20.6. The van der Waals surface area contributed by atoms with Crippen molar-refractivity contribution in [1.29, 1.82) is 0 Å². The molecule has 4 heteroatoms. The summed E-state index contributed by atoms with van der Waals surface area (Å²) in [5, 5.41) is 41.0. The highest BCUT2D eigenvalue weighted by atomic mass is 16.3. The van der Waals surface area contributed by atoms with Crippen LogP contribution < -0.4 is 0 Å². The van der Waals surface area contributed by atoms with Crippen molar-refractivity contribution in [1.82, 2.24) is 0 Å². The van der Waals surface area contributed by atoms with E-state index in [1.54, 1.807) is 31.2 Å². The second-order valence-electron chi connectivity index (χ2n) is 8.64. The standard InChI is InChI=1S/C25H28O4/c1-15-22(28)20(24(2,3)16-6-10-18(26)11-7-16)14-21(23(15)29)25(4,5)17-8-12-19(27)13-9-17/h6-14,26-29H,1-5H3. The molecule has 0 saturated heterocycles. The molecule has 0 bridgehead atoms. The van der Waals surface area contributed by atoms with Gasteiger partial charge in [0.15, 0.2) is 0 Å². The molecule has 0 aromatic heterocycles. The summed E-state index contributed by atoms with van der Waals surface area (Å²) in [6, 6.07) is 15.7. The molecule has 29 heavy (non-hydrogen) atoms. The lowest BCUT2D eigenvalue weighted by Crippen LogP contribution is -2.24. The first-order valence-electron chi connectivity index (χ1n) is 9.61. The third-order valence-corrected chi connectivity index (χ3v) is 6.03. The number of aromatic hydroxyl groups is 4. The van der Waals surface area contributed by atoms with Crippen LogP contribution >= 0.6 is 0 Å². The van der Waals surface area contributed by atoms with Gasteiger partial charge in [0.2, 0.25) is 0 Å². The SMILES string of the molecule is Cc1c(O)c(C(C)(C)c2ccc(O)cc2)cc(C(C)(C)c2ccc(O)cc2)c1O. The fourth-order valence-electron chi connectivity index (χ4n) is 3.82. The Hall–Kier alpha value is -3.14. The topological polar surface area (TPSA) is 80.9 Å². The second-order valence-corrected chi connectivity index (χ2v) is 8.64. The van der Waals surface area contributed by atoms with Gasteiger partial charge in [0.1, 0.15) is 23.0 Å². The molecule has 4 N–H and O–H groups in total. The number of hydrogen-bond donors (Lipinski definition) is 4. The van der Waals surface area contributed by atoms with E-state index in [0.29, 0.717) is 16.7 Å². The maximum absolute atomic E-state index is 10.9. The molecule has 3 aromatic rings. The highest BCUT2D eigenvalue weighted by molar-refractivity contribution is 5.60. The molecule has 4 nitrogen and oxygen atoms in total. The smallest absolute Gasteiger partial charge is 0.126 e. The summed E-state index contributed by atoms with van der Waals surface area (Å²) in [5.74, 6) is 0.492. The van der Waals surface area contributed by atoms with Crippen LogP contribution in [-0.4, -0.2) is 20.4 Å². The Kier molecular flexibility index (Phi) is 4.99. The molecule has 0 saturated carbocycles. The van der Waals surface area contributed by atoms with Gasteiger partial charge < -0.3 is 20.4 Å². The minimum Gasteiger partial charge on any atom is -0.508 e. The van der Waals surface area contributed by atoms with Crippen LogP contribution in [0.25, 0.3) is 0 Å². The lowest BCUT2D eigenvalue weighted by molar-refractivity contribution is 0.417. The van der Waals surface area contributed by atoms with Gasteiger partial charge in [-0.25, -0.2) is 0 Å². The van der Waals surface area contributed by atoms with Crippen molar-refractivity contribution in [3.8, 4) is 23.0 Å². The Morgan fingerprint density at radius 2 is 0.862 bits per heavy atom. The van der Waals surface area contributed by atoms with Gasteiger partial charge in [0, 0.05) is 27.5 Å².